The van der Waals surface area contributed by atoms with Crippen molar-refractivity contribution in [1.29, 1.82) is 0 Å². The molecule has 0 amide bonds. The molecule has 0 bridgehead atoms. The molecule has 1 aromatic carbocycles. The maximum absolute atomic E-state index is 11.7. The second kappa shape index (κ2) is 5.36. The van der Waals surface area contributed by atoms with Crippen LogP contribution in [-0.2, 0) is 6.54 Å². The molecule has 100 valence electrons. The Morgan fingerprint density at radius 1 is 1.21 bits per heavy atom. The van der Waals surface area contributed by atoms with Gasteiger partial charge in [-0.2, -0.15) is 5.10 Å². The van der Waals surface area contributed by atoms with Gasteiger partial charge in [-0.05, 0) is 38.0 Å². The minimum Gasteiger partial charge on any atom is -0.386 e. The molecule has 1 atom stereocenters. The Balaban J connectivity index is 2.28. The van der Waals surface area contributed by atoms with Gasteiger partial charge in [-0.1, -0.05) is 23.8 Å². The molecule has 1 heterocycles. The maximum atomic E-state index is 11.7. The van der Waals surface area contributed by atoms with Crippen LogP contribution in [0.4, 0.5) is 0 Å². The topological polar surface area (TPSA) is 55.1 Å². The number of aliphatic hydroxyl groups excluding tert-OH is 1. The van der Waals surface area contributed by atoms with E-state index in [9.17, 15) is 9.90 Å². The van der Waals surface area contributed by atoms with E-state index >= 15 is 0 Å². The van der Waals surface area contributed by atoms with E-state index in [1.165, 1.54) is 10.7 Å². The number of rotatable bonds is 3. The van der Waals surface area contributed by atoms with Crippen LogP contribution < -0.4 is 5.56 Å². The van der Waals surface area contributed by atoms with Crippen LogP contribution in [0.5, 0.6) is 0 Å². The number of aryl methyl sites for hydroxylation is 3. The molecule has 19 heavy (non-hydrogen) atoms. The van der Waals surface area contributed by atoms with Crippen molar-refractivity contribution >= 4 is 0 Å². The van der Waals surface area contributed by atoms with E-state index in [4.69, 9.17) is 0 Å². The zero-order valence-electron chi connectivity index (χ0n) is 11.4. The molecule has 1 unspecified atom stereocenters. The molecule has 2 aromatic rings. The summed E-state index contributed by atoms with van der Waals surface area (Å²) in [6, 6.07) is 9.01. The smallest absolute Gasteiger partial charge is 0.266 e. The highest BCUT2D eigenvalue weighted by atomic mass is 16.3. The van der Waals surface area contributed by atoms with Crippen LogP contribution in [0.3, 0.4) is 0 Å². The molecule has 0 fully saturated rings. The zero-order valence-corrected chi connectivity index (χ0v) is 11.4. The molecule has 0 radical (unpaired) electrons. The number of hydrogen-bond acceptors (Lipinski definition) is 3. The number of nitrogens with zero attached hydrogens (tertiary/aromatic N) is 2. The molecule has 0 aliphatic heterocycles. The van der Waals surface area contributed by atoms with Crippen LogP contribution >= 0.6 is 0 Å². The van der Waals surface area contributed by atoms with Gasteiger partial charge in [0.2, 0.25) is 0 Å². The van der Waals surface area contributed by atoms with Gasteiger partial charge in [0.15, 0.2) is 0 Å². The normalized spacial score (nSPS) is 12.4. The highest BCUT2D eigenvalue weighted by Crippen LogP contribution is 2.19. The van der Waals surface area contributed by atoms with Crippen molar-refractivity contribution in [2.45, 2.75) is 33.4 Å². The Kier molecular flexibility index (Phi) is 3.81. The Hall–Kier alpha value is -1.94. The SMILES string of the molecule is Cc1ccc(C(O)Cn2nc(C)ccc2=O)c(C)c1. The lowest BCUT2D eigenvalue weighted by Gasteiger charge is -2.15. The molecule has 4 nitrogen and oxygen atoms in total. The van der Waals surface area contributed by atoms with Gasteiger partial charge in [0.05, 0.1) is 18.3 Å². The van der Waals surface area contributed by atoms with Crippen LogP contribution in [0.2, 0.25) is 0 Å². The van der Waals surface area contributed by atoms with Gasteiger partial charge in [0.25, 0.3) is 5.56 Å². The van der Waals surface area contributed by atoms with Crippen molar-refractivity contribution in [2.75, 3.05) is 0 Å². The summed E-state index contributed by atoms with van der Waals surface area (Å²) in [7, 11) is 0. The van der Waals surface area contributed by atoms with E-state index in [0.717, 1.165) is 22.4 Å². The Morgan fingerprint density at radius 2 is 1.95 bits per heavy atom. The van der Waals surface area contributed by atoms with Gasteiger partial charge < -0.3 is 5.11 Å². The summed E-state index contributed by atoms with van der Waals surface area (Å²) in [4.78, 5) is 11.7. The van der Waals surface area contributed by atoms with E-state index in [-0.39, 0.29) is 12.1 Å². The largest absolute Gasteiger partial charge is 0.386 e. The highest BCUT2D eigenvalue weighted by Gasteiger charge is 2.12. The lowest BCUT2D eigenvalue weighted by molar-refractivity contribution is 0.148. The van der Waals surface area contributed by atoms with E-state index in [0.29, 0.717) is 0 Å². The first-order chi connectivity index (χ1) is 8.97. The van der Waals surface area contributed by atoms with Crippen molar-refractivity contribution < 1.29 is 5.11 Å². The first kappa shape index (κ1) is 13.5. The van der Waals surface area contributed by atoms with E-state index in [2.05, 4.69) is 5.10 Å². The third-order valence-electron chi connectivity index (χ3n) is 3.13. The number of benzene rings is 1. The van der Waals surface area contributed by atoms with Gasteiger partial charge in [-0.25, -0.2) is 4.68 Å². The Morgan fingerprint density at radius 3 is 2.63 bits per heavy atom. The second-order valence-corrected chi connectivity index (χ2v) is 4.87. The number of aromatic nitrogens is 2. The van der Waals surface area contributed by atoms with Crippen molar-refractivity contribution in [1.82, 2.24) is 9.78 Å². The van der Waals surface area contributed by atoms with E-state index in [1.807, 2.05) is 39.0 Å². The first-order valence-corrected chi connectivity index (χ1v) is 6.27. The summed E-state index contributed by atoms with van der Waals surface area (Å²) in [5.74, 6) is 0. The maximum Gasteiger partial charge on any atom is 0.266 e. The lowest BCUT2D eigenvalue weighted by Crippen LogP contribution is -2.25. The molecule has 0 aliphatic rings. The quantitative estimate of drug-likeness (QED) is 0.914. The van der Waals surface area contributed by atoms with Crippen LogP contribution in [0.1, 0.15) is 28.5 Å². The fourth-order valence-corrected chi connectivity index (χ4v) is 2.14. The van der Waals surface area contributed by atoms with E-state index in [1.54, 1.807) is 6.07 Å². The van der Waals surface area contributed by atoms with Gasteiger partial charge in [0, 0.05) is 6.07 Å². The Labute approximate surface area is 112 Å². The monoisotopic (exact) mass is 258 g/mol. The molecule has 0 spiro atoms. The van der Waals surface area contributed by atoms with Gasteiger partial charge in [0.1, 0.15) is 0 Å². The minimum atomic E-state index is -0.729. The average Bonchev–Trinajstić information content (AvgIpc) is 2.33. The molecule has 2 rings (SSSR count). The highest BCUT2D eigenvalue weighted by molar-refractivity contribution is 5.31. The van der Waals surface area contributed by atoms with Gasteiger partial charge >= 0.3 is 0 Å². The molecule has 4 heteroatoms. The van der Waals surface area contributed by atoms with Crippen molar-refractivity contribution in [3.8, 4) is 0 Å². The van der Waals surface area contributed by atoms with Crippen molar-refractivity contribution in [3.05, 3.63) is 63.1 Å². The van der Waals surface area contributed by atoms with Gasteiger partial charge in [-0.15, -0.1) is 0 Å². The third-order valence-corrected chi connectivity index (χ3v) is 3.13. The standard InChI is InChI=1S/C15H18N2O2/c1-10-4-6-13(11(2)8-10)14(18)9-17-15(19)7-5-12(3)16-17/h4-8,14,18H,9H2,1-3H3. The molecular weight excluding hydrogens is 240 g/mol. The van der Waals surface area contributed by atoms with Crippen LogP contribution in [-0.4, -0.2) is 14.9 Å². The summed E-state index contributed by atoms with van der Waals surface area (Å²) < 4.78 is 1.30. The van der Waals surface area contributed by atoms with Crippen molar-refractivity contribution in [3.63, 3.8) is 0 Å². The summed E-state index contributed by atoms with van der Waals surface area (Å²) in [6.07, 6.45) is -0.729. The van der Waals surface area contributed by atoms with Crippen LogP contribution in [0, 0.1) is 20.8 Å². The third kappa shape index (κ3) is 3.09. The Bertz CT molecular complexity index is 647. The fraction of sp³-hybridized carbons (Fsp3) is 0.333. The number of aliphatic hydroxyl groups is 1. The van der Waals surface area contributed by atoms with E-state index < -0.39 is 6.10 Å². The average molecular weight is 258 g/mol. The van der Waals surface area contributed by atoms with Crippen LogP contribution in [0.25, 0.3) is 0 Å². The summed E-state index contributed by atoms with van der Waals surface area (Å²) >= 11 is 0. The van der Waals surface area contributed by atoms with Crippen LogP contribution in [0.15, 0.2) is 35.1 Å². The predicted molar refractivity (Wildman–Crippen MR) is 74.1 cm³/mol. The lowest BCUT2D eigenvalue weighted by atomic mass is 10.0. The predicted octanol–water partition coefficient (Wildman–Crippen LogP) is 1.90. The molecule has 0 aliphatic carbocycles. The van der Waals surface area contributed by atoms with Gasteiger partial charge in [-0.3, -0.25) is 4.79 Å². The number of hydrogen-bond donors (Lipinski definition) is 1. The second-order valence-electron chi connectivity index (χ2n) is 4.87. The minimum absolute atomic E-state index is 0.171. The van der Waals surface area contributed by atoms with Crippen molar-refractivity contribution in [2.24, 2.45) is 0 Å². The summed E-state index contributed by atoms with van der Waals surface area (Å²) in [6.45, 7) is 5.96. The molecule has 0 saturated heterocycles. The molecule has 0 saturated carbocycles. The first-order valence-electron chi connectivity index (χ1n) is 6.27. The summed E-state index contributed by atoms with van der Waals surface area (Å²) in [5.41, 5.74) is 3.56. The fourth-order valence-electron chi connectivity index (χ4n) is 2.14. The molecular formula is C15H18N2O2. The summed E-state index contributed by atoms with van der Waals surface area (Å²) in [5, 5.41) is 14.4. The molecule has 1 N–H and O–H groups in total. The zero-order chi connectivity index (χ0) is 14.0. The molecule has 1 aromatic heterocycles.